The average molecular weight is 264 g/mol. The van der Waals surface area contributed by atoms with Gasteiger partial charge in [-0.05, 0) is 37.3 Å². The molecule has 0 radical (unpaired) electrons. The Bertz CT molecular complexity index is 476. The Morgan fingerprint density at radius 2 is 2.11 bits per heavy atom. The quantitative estimate of drug-likeness (QED) is 0.648. The number of nitrogens with zero attached hydrogens (tertiary/aromatic N) is 1. The van der Waals surface area contributed by atoms with Gasteiger partial charge in [0.1, 0.15) is 0 Å². The second kappa shape index (κ2) is 4.47. The van der Waals surface area contributed by atoms with Crippen LogP contribution in [0.4, 0.5) is 0 Å². The number of benzene rings is 1. The van der Waals surface area contributed by atoms with Gasteiger partial charge in [0.15, 0.2) is 5.96 Å². The van der Waals surface area contributed by atoms with E-state index in [1.54, 1.807) is 0 Å². The van der Waals surface area contributed by atoms with Crippen LogP contribution in [0.1, 0.15) is 31.2 Å². The molecule has 2 fully saturated rings. The first kappa shape index (κ1) is 11.8. The third-order valence-corrected chi connectivity index (χ3v) is 4.11. The zero-order chi connectivity index (χ0) is 12.6. The van der Waals surface area contributed by atoms with Crippen LogP contribution < -0.4 is 11.1 Å². The third kappa shape index (κ3) is 2.46. The van der Waals surface area contributed by atoms with Gasteiger partial charge in [-0.1, -0.05) is 29.8 Å². The van der Waals surface area contributed by atoms with Crippen molar-refractivity contribution in [3.8, 4) is 0 Å². The number of rotatable bonds is 4. The smallest absolute Gasteiger partial charge is 0.188 e. The van der Waals surface area contributed by atoms with E-state index in [-0.39, 0.29) is 5.41 Å². The Kier molecular flexibility index (Phi) is 2.94. The van der Waals surface area contributed by atoms with Crippen molar-refractivity contribution < 1.29 is 0 Å². The van der Waals surface area contributed by atoms with Crippen molar-refractivity contribution in [3.05, 3.63) is 34.9 Å². The second-order valence-corrected chi connectivity index (χ2v) is 5.79. The molecule has 0 saturated heterocycles. The number of halogens is 1. The van der Waals surface area contributed by atoms with Gasteiger partial charge in [0.2, 0.25) is 0 Å². The van der Waals surface area contributed by atoms with E-state index in [9.17, 15) is 0 Å². The van der Waals surface area contributed by atoms with Gasteiger partial charge in [-0.3, -0.25) is 4.99 Å². The van der Waals surface area contributed by atoms with E-state index in [0.29, 0.717) is 12.0 Å². The van der Waals surface area contributed by atoms with E-state index in [4.69, 9.17) is 17.3 Å². The first-order valence-corrected chi connectivity index (χ1v) is 6.89. The number of nitrogens with one attached hydrogen (secondary N) is 1. The summed E-state index contributed by atoms with van der Waals surface area (Å²) < 4.78 is 0. The van der Waals surface area contributed by atoms with Crippen molar-refractivity contribution in [2.75, 3.05) is 6.54 Å². The van der Waals surface area contributed by atoms with E-state index in [1.165, 1.54) is 18.4 Å². The molecule has 1 aromatic rings. The highest BCUT2D eigenvalue weighted by atomic mass is 35.5. The predicted molar refractivity (Wildman–Crippen MR) is 75.0 cm³/mol. The van der Waals surface area contributed by atoms with Gasteiger partial charge in [-0.15, -0.1) is 0 Å². The highest BCUT2D eigenvalue weighted by Crippen LogP contribution is 2.50. The lowest BCUT2D eigenvalue weighted by atomic mass is 9.96. The number of guanidine groups is 1. The zero-order valence-electron chi connectivity index (χ0n) is 10.3. The predicted octanol–water partition coefficient (Wildman–Crippen LogP) is 2.44. The summed E-state index contributed by atoms with van der Waals surface area (Å²) in [6.45, 7) is 0.738. The number of hydrogen-bond acceptors (Lipinski definition) is 1. The molecule has 0 spiro atoms. The lowest BCUT2D eigenvalue weighted by Gasteiger charge is -2.15. The molecule has 0 aliphatic heterocycles. The van der Waals surface area contributed by atoms with E-state index in [0.717, 1.165) is 24.4 Å². The maximum atomic E-state index is 6.26. The van der Waals surface area contributed by atoms with Crippen molar-refractivity contribution in [3.63, 3.8) is 0 Å². The third-order valence-electron chi connectivity index (χ3n) is 3.78. The summed E-state index contributed by atoms with van der Waals surface area (Å²) in [6, 6.07) is 8.62. The van der Waals surface area contributed by atoms with Gasteiger partial charge < -0.3 is 11.1 Å². The molecule has 0 heterocycles. The molecular formula is C14H18ClN3. The summed E-state index contributed by atoms with van der Waals surface area (Å²) in [5.41, 5.74) is 7.22. The molecule has 3 N–H and O–H groups in total. The molecule has 3 rings (SSSR count). The van der Waals surface area contributed by atoms with Crippen LogP contribution in [0.25, 0.3) is 0 Å². The van der Waals surface area contributed by atoms with Gasteiger partial charge in [-0.25, -0.2) is 0 Å². The molecule has 2 saturated carbocycles. The lowest BCUT2D eigenvalue weighted by molar-refractivity contribution is 0.700. The SMILES string of the molecule is NC(=NCC1(c2ccccc2Cl)CC1)NC1CC1. The van der Waals surface area contributed by atoms with E-state index in [1.807, 2.05) is 18.2 Å². The largest absolute Gasteiger partial charge is 0.370 e. The van der Waals surface area contributed by atoms with Crippen LogP contribution in [-0.4, -0.2) is 18.5 Å². The first-order chi connectivity index (χ1) is 8.70. The summed E-state index contributed by atoms with van der Waals surface area (Å²) in [6.07, 6.45) is 4.73. The molecule has 18 heavy (non-hydrogen) atoms. The topological polar surface area (TPSA) is 50.4 Å². The molecule has 2 aliphatic carbocycles. The Balaban J connectivity index is 1.69. The fraction of sp³-hybridized carbons (Fsp3) is 0.500. The minimum absolute atomic E-state index is 0.133. The Hall–Kier alpha value is -1.22. The van der Waals surface area contributed by atoms with Gasteiger partial charge in [-0.2, -0.15) is 0 Å². The van der Waals surface area contributed by atoms with Gasteiger partial charge in [0.05, 0.1) is 6.54 Å². The fourth-order valence-electron chi connectivity index (χ4n) is 2.27. The monoisotopic (exact) mass is 263 g/mol. The molecule has 3 nitrogen and oxygen atoms in total. The Morgan fingerprint density at radius 1 is 1.39 bits per heavy atom. The van der Waals surface area contributed by atoms with Gasteiger partial charge in [0.25, 0.3) is 0 Å². The first-order valence-electron chi connectivity index (χ1n) is 6.51. The van der Waals surface area contributed by atoms with Crippen molar-refractivity contribution in [1.82, 2.24) is 5.32 Å². The molecule has 0 amide bonds. The van der Waals surface area contributed by atoms with Crippen LogP contribution in [-0.2, 0) is 5.41 Å². The van der Waals surface area contributed by atoms with E-state index >= 15 is 0 Å². The second-order valence-electron chi connectivity index (χ2n) is 5.38. The minimum Gasteiger partial charge on any atom is -0.370 e. The van der Waals surface area contributed by atoms with Gasteiger partial charge in [0, 0.05) is 16.5 Å². The molecule has 0 unspecified atom stereocenters. The standard InChI is InChI=1S/C14H18ClN3/c15-12-4-2-1-3-11(12)14(7-8-14)9-17-13(16)18-10-5-6-10/h1-4,10H,5-9H2,(H3,16,17,18). The highest BCUT2D eigenvalue weighted by molar-refractivity contribution is 6.31. The van der Waals surface area contributed by atoms with Crippen molar-refractivity contribution in [2.45, 2.75) is 37.1 Å². The molecular weight excluding hydrogens is 246 g/mol. The molecule has 0 atom stereocenters. The molecule has 0 bridgehead atoms. The maximum absolute atomic E-state index is 6.26. The Morgan fingerprint density at radius 3 is 2.72 bits per heavy atom. The van der Waals surface area contributed by atoms with Crippen LogP contribution in [0.5, 0.6) is 0 Å². The molecule has 2 aliphatic rings. The van der Waals surface area contributed by atoms with Crippen LogP contribution >= 0.6 is 11.6 Å². The van der Waals surface area contributed by atoms with Crippen molar-refractivity contribution in [1.29, 1.82) is 0 Å². The fourth-order valence-corrected chi connectivity index (χ4v) is 2.61. The average Bonchev–Trinajstić information content (AvgIpc) is 3.23. The summed E-state index contributed by atoms with van der Waals surface area (Å²) in [4.78, 5) is 4.48. The zero-order valence-corrected chi connectivity index (χ0v) is 11.1. The number of hydrogen-bond donors (Lipinski definition) is 2. The molecule has 1 aromatic carbocycles. The normalized spacial score (nSPS) is 21.7. The van der Waals surface area contributed by atoms with Gasteiger partial charge >= 0.3 is 0 Å². The minimum atomic E-state index is 0.133. The van der Waals surface area contributed by atoms with Crippen molar-refractivity contribution in [2.24, 2.45) is 10.7 Å². The van der Waals surface area contributed by atoms with Crippen LogP contribution in [0.3, 0.4) is 0 Å². The van der Waals surface area contributed by atoms with Crippen LogP contribution in [0.2, 0.25) is 5.02 Å². The number of aliphatic imine (C=N–C) groups is 1. The lowest BCUT2D eigenvalue weighted by Crippen LogP contribution is -2.34. The number of nitrogens with two attached hydrogens (primary N) is 1. The van der Waals surface area contributed by atoms with E-state index in [2.05, 4.69) is 16.4 Å². The summed E-state index contributed by atoms with van der Waals surface area (Å²) in [7, 11) is 0. The summed E-state index contributed by atoms with van der Waals surface area (Å²) >= 11 is 6.26. The summed E-state index contributed by atoms with van der Waals surface area (Å²) in [5, 5.41) is 4.06. The van der Waals surface area contributed by atoms with Crippen LogP contribution in [0.15, 0.2) is 29.3 Å². The Labute approximate surface area is 112 Å². The molecule has 4 heteroatoms. The van der Waals surface area contributed by atoms with Crippen molar-refractivity contribution >= 4 is 17.6 Å². The molecule has 0 aromatic heterocycles. The van der Waals surface area contributed by atoms with Crippen LogP contribution in [0, 0.1) is 0 Å². The summed E-state index contributed by atoms with van der Waals surface area (Å²) in [5.74, 6) is 0.579. The molecule has 96 valence electrons. The maximum Gasteiger partial charge on any atom is 0.188 e. The highest BCUT2D eigenvalue weighted by Gasteiger charge is 2.45. The van der Waals surface area contributed by atoms with E-state index < -0.39 is 0 Å².